The van der Waals surface area contributed by atoms with Crippen LogP contribution in [0.2, 0.25) is 0 Å². The van der Waals surface area contributed by atoms with E-state index in [9.17, 15) is 4.39 Å². The third kappa shape index (κ3) is 4.08. The molecule has 0 bridgehead atoms. The monoisotopic (exact) mass is 299 g/mol. The zero-order valence-electron chi connectivity index (χ0n) is 12.7. The maximum absolute atomic E-state index is 13.6. The minimum Gasteiger partial charge on any atom is -0.454 e. The standard InChI is InChI=1S/C19H22FNO/c20-18-9-1-2-10-19(18)22-17-8-5-6-15(14-17)11-12-16-7-3-4-13-21-16/h1-2,5-6,8-10,14,16,21H,3-4,7,11-13H2. The first kappa shape index (κ1) is 15.0. The van der Waals surface area contributed by atoms with Gasteiger partial charge in [-0.1, -0.05) is 30.7 Å². The normalized spacial score (nSPS) is 18.1. The van der Waals surface area contributed by atoms with Crippen molar-refractivity contribution in [2.75, 3.05) is 6.54 Å². The second-order valence-electron chi connectivity index (χ2n) is 5.87. The van der Waals surface area contributed by atoms with E-state index in [1.807, 2.05) is 18.2 Å². The van der Waals surface area contributed by atoms with Crippen LogP contribution in [-0.4, -0.2) is 12.6 Å². The van der Waals surface area contributed by atoms with Gasteiger partial charge in [-0.05, 0) is 62.1 Å². The van der Waals surface area contributed by atoms with Crippen molar-refractivity contribution < 1.29 is 9.13 Å². The molecule has 1 N–H and O–H groups in total. The molecule has 1 unspecified atom stereocenters. The summed E-state index contributed by atoms with van der Waals surface area (Å²) in [6, 6.07) is 15.1. The third-order valence-corrected chi connectivity index (χ3v) is 4.16. The largest absolute Gasteiger partial charge is 0.454 e. The minimum absolute atomic E-state index is 0.272. The molecular formula is C19H22FNO. The van der Waals surface area contributed by atoms with E-state index in [4.69, 9.17) is 4.74 Å². The highest BCUT2D eigenvalue weighted by molar-refractivity contribution is 5.34. The van der Waals surface area contributed by atoms with E-state index in [0.29, 0.717) is 11.8 Å². The lowest BCUT2D eigenvalue weighted by Gasteiger charge is -2.23. The van der Waals surface area contributed by atoms with E-state index in [1.54, 1.807) is 18.2 Å². The summed E-state index contributed by atoms with van der Waals surface area (Å²) in [6.07, 6.45) is 6.05. The zero-order chi connectivity index (χ0) is 15.2. The van der Waals surface area contributed by atoms with Crippen LogP contribution in [0.3, 0.4) is 0 Å². The Labute approximate surface area is 131 Å². The lowest BCUT2D eigenvalue weighted by atomic mass is 9.98. The van der Waals surface area contributed by atoms with Gasteiger partial charge >= 0.3 is 0 Å². The first-order valence-electron chi connectivity index (χ1n) is 8.06. The Morgan fingerprint density at radius 2 is 2.00 bits per heavy atom. The summed E-state index contributed by atoms with van der Waals surface area (Å²) in [4.78, 5) is 0. The summed E-state index contributed by atoms with van der Waals surface area (Å²) in [6.45, 7) is 1.14. The van der Waals surface area contributed by atoms with Crippen LogP contribution in [0.25, 0.3) is 0 Å². The number of nitrogens with one attached hydrogen (secondary N) is 1. The summed E-state index contributed by atoms with van der Waals surface area (Å²) >= 11 is 0. The average Bonchev–Trinajstić information content (AvgIpc) is 2.57. The molecule has 0 amide bonds. The predicted octanol–water partition coefficient (Wildman–Crippen LogP) is 4.69. The number of aryl methyl sites for hydroxylation is 1. The van der Waals surface area contributed by atoms with E-state index in [1.165, 1.54) is 30.9 Å². The van der Waals surface area contributed by atoms with E-state index >= 15 is 0 Å². The topological polar surface area (TPSA) is 21.3 Å². The van der Waals surface area contributed by atoms with Gasteiger partial charge in [-0.2, -0.15) is 0 Å². The van der Waals surface area contributed by atoms with Crippen molar-refractivity contribution in [3.8, 4) is 11.5 Å². The molecular weight excluding hydrogens is 277 g/mol. The lowest BCUT2D eigenvalue weighted by Crippen LogP contribution is -2.34. The van der Waals surface area contributed by atoms with Gasteiger partial charge in [0.25, 0.3) is 0 Å². The number of ether oxygens (including phenoxy) is 1. The molecule has 0 radical (unpaired) electrons. The fraction of sp³-hybridized carbons (Fsp3) is 0.368. The Hall–Kier alpha value is -1.87. The highest BCUT2D eigenvalue weighted by atomic mass is 19.1. The van der Waals surface area contributed by atoms with Crippen molar-refractivity contribution >= 4 is 0 Å². The summed E-state index contributed by atoms with van der Waals surface area (Å²) in [5.41, 5.74) is 1.24. The van der Waals surface area contributed by atoms with Gasteiger partial charge in [-0.3, -0.25) is 0 Å². The lowest BCUT2D eigenvalue weighted by molar-refractivity contribution is 0.382. The molecule has 0 aromatic heterocycles. The molecule has 0 saturated carbocycles. The van der Waals surface area contributed by atoms with E-state index < -0.39 is 0 Å². The number of halogens is 1. The van der Waals surface area contributed by atoms with E-state index in [-0.39, 0.29) is 11.6 Å². The Balaban J connectivity index is 1.61. The maximum atomic E-state index is 13.6. The van der Waals surface area contributed by atoms with Crippen molar-refractivity contribution in [3.63, 3.8) is 0 Å². The number of piperidine rings is 1. The van der Waals surface area contributed by atoms with Crippen LogP contribution < -0.4 is 10.1 Å². The van der Waals surface area contributed by atoms with Crippen molar-refractivity contribution in [1.82, 2.24) is 5.32 Å². The van der Waals surface area contributed by atoms with Crippen molar-refractivity contribution in [1.29, 1.82) is 0 Å². The van der Waals surface area contributed by atoms with Crippen molar-refractivity contribution in [2.45, 2.75) is 38.1 Å². The van der Waals surface area contributed by atoms with Crippen LogP contribution >= 0.6 is 0 Å². The molecule has 1 heterocycles. The smallest absolute Gasteiger partial charge is 0.165 e. The third-order valence-electron chi connectivity index (χ3n) is 4.16. The molecule has 0 spiro atoms. The molecule has 0 aliphatic carbocycles. The molecule has 2 aromatic rings. The molecule has 22 heavy (non-hydrogen) atoms. The Kier molecular flexibility index (Phi) is 5.07. The zero-order valence-corrected chi connectivity index (χ0v) is 12.7. The highest BCUT2D eigenvalue weighted by Gasteiger charge is 2.12. The van der Waals surface area contributed by atoms with Gasteiger partial charge < -0.3 is 10.1 Å². The van der Waals surface area contributed by atoms with Crippen LogP contribution in [0.4, 0.5) is 4.39 Å². The predicted molar refractivity (Wildman–Crippen MR) is 86.9 cm³/mol. The van der Waals surface area contributed by atoms with Crippen LogP contribution in [0.5, 0.6) is 11.5 Å². The van der Waals surface area contributed by atoms with Gasteiger partial charge in [-0.15, -0.1) is 0 Å². The Morgan fingerprint density at radius 3 is 2.82 bits per heavy atom. The van der Waals surface area contributed by atoms with Gasteiger partial charge in [-0.25, -0.2) is 4.39 Å². The van der Waals surface area contributed by atoms with E-state index in [0.717, 1.165) is 19.4 Å². The van der Waals surface area contributed by atoms with Crippen molar-refractivity contribution in [3.05, 3.63) is 59.9 Å². The number of benzene rings is 2. The molecule has 2 nitrogen and oxygen atoms in total. The highest BCUT2D eigenvalue weighted by Crippen LogP contribution is 2.25. The van der Waals surface area contributed by atoms with Crippen LogP contribution in [0.1, 0.15) is 31.2 Å². The molecule has 3 heteroatoms. The first-order valence-corrected chi connectivity index (χ1v) is 8.06. The molecule has 1 saturated heterocycles. The number of hydrogen-bond acceptors (Lipinski definition) is 2. The van der Waals surface area contributed by atoms with Crippen LogP contribution in [-0.2, 0) is 6.42 Å². The fourth-order valence-electron chi connectivity index (χ4n) is 2.93. The summed E-state index contributed by atoms with van der Waals surface area (Å²) in [7, 11) is 0. The van der Waals surface area contributed by atoms with Crippen molar-refractivity contribution in [2.24, 2.45) is 0 Å². The second kappa shape index (κ2) is 7.41. The molecule has 116 valence electrons. The quantitative estimate of drug-likeness (QED) is 0.864. The molecule has 1 aliphatic rings. The van der Waals surface area contributed by atoms with Crippen LogP contribution in [0, 0.1) is 5.82 Å². The Morgan fingerprint density at radius 1 is 1.09 bits per heavy atom. The summed E-state index contributed by atoms with van der Waals surface area (Å²) in [5.74, 6) is 0.632. The first-order chi connectivity index (χ1) is 10.8. The average molecular weight is 299 g/mol. The van der Waals surface area contributed by atoms with Gasteiger partial charge in [0, 0.05) is 6.04 Å². The van der Waals surface area contributed by atoms with E-state index in [2.05, 4.69) is 11.4 Å². The molecule has 2 aromatic carbocycles. The molecule has 1 aliphatic heterocycles. The van der Waals surface area contributed by atoms with Crippen LogP contribution in [0.15, 0.2) is 48.5 Å². The molecule has 3 rings (SSSR count). The summed E-state index contributed by atoms with van der Waals surface area (Å²) < 4.78 is 19.3. The number of hydrogen-bond donors (Lipinski definition) is 1. The molecule has 1 fully saturated rings. The maximum Gasteiger partial charge on any atom is 0.165 e. The van der Waals surface area contributed by atoms with Gasteiger partial charge in [0.05, 0.1) is 0 Å². The fourth-order valence-corrected chi connectivity index (χ4v) is 2.93. The van der Waals surface area contributed by atoms with Gasteiger partial charge in [0.2, 0.25) is 0 Å². The molecule has 1 atom stereocenters. The Bertz CT molecular complexity index is 608. The number of para-hydroxylation sites is 1. The summed E-state index contributed by atoms with van der Waals surface area (Å²) in [5, 5.41) is 3.57. The number of rotatable bonds is 5. The van der Waals surface area contributed by atoms with Gasteiger partial charge in [0.15, 0.2) is 11.6 Å². The second-order valence-corrected chi connectivity index (χ2v) is 5.87. The minimum atomic E-state index is -0.334. The SMILES string of the molecule is Fc1ccccc1Oc1cccc(CCC2CCCCN2)c1. The van der Waals surface area contributed by atoms with Gasteiger partial charge in [0.1, 0.15) is 5.75 Å².